The Balaban J connectivity index is 1.20. The average molecular weight is 744 g/mol. The van der Waals surface area contributed by atoms with Crippen LogP contribution in [0.4, 0.5) is 0 Å². The molecule has 0 N–H and O–H groups in total. The van der Waals surface area contributed by atoms with Crippen molar-refractivity contribution in [3.8, 4) is 44.9 Å². The molecular formula is C53H49N3O+2. The molecule has 2 unspecified atom stereocenters. The highest BCUT2D eigenvalue weighted by molar-refractivity contribution is 6.09. The van der Waals surface area contributed by atoms with E-state index in [2.05, 4.69) is 179 Å². The second-order valence-electron chi connectivity index (χ2n) is 17.5. The molecule has 280 valence electrons. The molecule has 0 fully saturated rings. The van der Waals surface area contributed by atoms with E-state index in [1.54, 1.807) is 0 Å². The van der Waals surface area contributed by atoms with Gasteiger partial charge in [-0.25, -0.2) is 4.98 Å². The quantitative estimate of drug-likeness (QED) is 0.165. The van der Waals surface area contributed by atoms with Crippen molar-refractivity contribution in [1.29, 1.82) is 0 Å². The van der Waals surface area contributed by atoms with E-state index in [1.165, 1.54) is 61.3 Å². The maximum Gasteiger partial charge on any atom is 0.227 e. The summed E-state index contributed by atoms with van der Waals surface area (Å²) >= 11 is 0. The lowest BCUT2D eigenvalue weighted by Crippen LogP contribution is -2.51. The molecule has 4 aromatic heterocycles. The van der Waals surface area contributed by atoms with Gasteiger partial charge in [-0.15, -0.1) is 0 Å². The summed E-state index contributed by atoms with van der Waals surface area (Å²) in [4.78, 5) is 5.27. The molecule has 8 aromatic rings. The number of fused-ring (bicyclic) bond motifs is 13. The fourth-order valence-corrected chi connectivity index (χ4v) is 10.1. The van der Waals surface area contributed by atoms with Crippen molar-refractivity contribution in [2.75, 3.05) is 0 Å². The minimum absolute atomic E-state index is 0.0583. The van der Waals surface area contributed by atoms with Gasteiger partial charge in [0.05, 0.1) is 16.8 Å². The van der Waals surface area contributed by atoms with Gasteiger partial charge in [-0.1, -0.05) is 93.6 Å². The molecule has 0 amide bonds. The Bertz CT molecular complexity index is 2940. The van der Waals surface area contributed by atoms with Crippen molar-refractivity contribution in [2.45, 2.75) is 78.7 Å². The maximum atomic E-state index is 7.04. The fourth-order valence-electron chi connectivity index (χ4n) is 10.1. The van der Waals surface area contributed by atoms with Crippen LogP contribution in [0, 0.1) is 27.7 Å². The van der Waals surface area contributed by atoms with E-state index in [-0.39, 0.29) is 17.4 Å². The highest BCUT2D eigenvalue weighted by Gasteiger charge is 2.47. The Morgan fingerprint density at radius 2 is 1.44 bits per heavy atom. The first-order valence-electron chi connectivity index (χ1n) is 20.4. The molecule has 2 aliphatic heterocycles. The molecule has 4 nitrogen and oxygen atoms in total. The average Bonchev–Trinajstić information content (AvgIpc) is 3.58. The first-order valence-corrected chi connectivity index (χ1v) is 20.4. The van der Waals surface area contributed by atoms with E-state index in [1.807, 2.05) is 0 Å². The van der Waals surface area contributed by atoms with Crippen LogP contribution in [0.25, 0.3) is 72.7 Å². The molecule has 4 heteroatoms. The third kappa shape index (κ3) is 5.60. The normalized spacial score (nSPS) is 16.2. The Labute approximate surface area is 335 Å². The number of benzene rings is 4. The van der Waals surface area contributed by atoms with Crippen LogP contribution in [0.3, 0.4) is 0 Å². The second kappa shape index (κ2) is 13.0. The third-order valence-electron chi connectivity index (χ3n) is 12.7. The van der Waals surface area contributed by atoms with Gasteiger partial charge in [0.15, 0.2) is 29.7 Å². The summed E-state index contributed by atoms with van der Waals surface area (Å²) < 4.78 is 12.0. The highest BCUT2D eigenvalue weighted by Crippen LogP contribution is 2.47. The van der Waals surface area contributed by atoms with Gasteiger partial charge in [-0.2, -0.15) is 9.13 Å². The van der Waals surface area contributed by atoms with E-state index in [0.29, 0.717) is 5.71 Å². The molecule has 4 aromatic carbocycles. The Hall–Kier alpha value is -6.13. The smallest absolute Gasteiger partial charge is 0.227 e. The standard InChI is InChI=1S/C53H49N3O/c1-31-18-24-45-39-16-12-13-17-40(39)49-35(5)55-30-43(53(6,7)8)32(2)28-47(55)50-37(20-25-46(49)56(45)29-31)19-21-41-42-22-23-44(54-52(42)57-51(41)50)48-33(3)26-38(27-34(48)4)36-14-10-9-11-15-36/h9-19,21-24,26-30,46,49H,5,20,25H2,1-4,6-8H3/q+2. The predicted octanol–water partition coefficient (Wildman–Crippen LogP) is 12.5. The number of aryl methyl sites for hydroxylation is 5. The lowest BCUT2D eigenvalue weighted by molar-refractivity contribution is -0.720. The van der Waals surface area contributed by atoms with E-state index < -0.39 is 0 Å². The summed E-state index contributed by atoms with van der Waals surface area (Å²) in [7, 11) is 0. The molecular weight excluding hydrogens is 695 g/mol. The van der Waals surface area contributed by atoms with Crippen LogP contribution >= 0.6 is 0 Å². The zero-order chi connectivity index (χ0) is 39.3. The van der Waals surface area contributed by atoms with Gasteiger partial charge in [-0.3, -0.25) is 0 Å². The van der Waals surface area contributed by atoms with Crippen LogP contribution in [0.2, 0.25) is 0 Å². The van der Waals surface area contributed by atoms with Crippen molar-refractivity contribution in [2.24, 2.45) is 0 Å². The molecule has 2 aliphatic rings. The van der Waals surface area contributed by atoms with Crippen LogP contribution in [0.15, 0.2) is 133 Å². The highest BCUT2D eigenvalue weighted by atomic mass is 16.3. The third-order valence-corrected chi connectivity index (χ3v) is 12.7. The fraction of sp³-hybridized carbons (Fsp3) is 0.226. The summed E-state index contributed by atoms with van der Waals surface area (Å²) in [6, 6.07) is 40.2. The van der Waals surface area contributed by atoms with Crippen molar-refractivity contribution < 1.29 is 13.6 Å². The molecule has 0 aliphatic carbocycles. The summed E-state index contributed by atoms with van der Waals surface area (Å²) in [5.74, 6) is 0.0734. The first kappa shape index (κ1) is 35.3. The Kier molecular flexibility index (Phi) is 8.02. The minimum atomic E-state index is -0.0583. The number of pyridine rings is 3. The van der Waals surface area contributed by atoms with Crippen LogP contribution in [0.1, 0.15) is 78.1 Å². The first-order chi connectivity index (χ1) is 27.5. The van der Waals surface area contributed by atoms with Crippen molar-refractivity contribution >= 4 is 27.8 Å². The second-order valence-corrected chi connectivity index (χ2v) is 17.5. The van der Waals surface area contributed by atoms with Crippen molar-refractivity contribution in [3.63, 3.8) is 0 Å². The van der Waals surface area contributed by atoms with Gasteiger partial charge in [0, 0.05) is 46.0 Å². The molecule has 0 bridgehead atoms. The molecule has 10 rings (SSSR count). The maximum absolute atomic E-state index is 7.04. The molecule has 2 atom stereocenters. The number of rotatable bonds is 2. The number of hydrogen-bond donors (Lipinski definition) is 0. The summed E-state index contributed by atoms with van der Waals surface area (Å²) in [6.45, 7) is 20.8. The van der Waals surface area contributed by atoms with E-state index >= 15 is 0 Å². The van der Waals surface area contributed by atoms with Crippen LogP contribution in [-0.2, 0) is 11.8 Å². The van der Waals surface area contributed by atoms with Gasteiger partial charge < -0.3 is 4.42 Å². The van der Waals surface area contributed by atoms with Crippen LogP contribution < -0.4 is 9.13 Å². The van der Waals surface area contributed by atoms with Crippen LogP contribution in [0.5, 0.6) is 0 Å². The zero-order valence-electron chi connectivity index (χ0n) is 34.1. The van der Waals surface area contributed by atoms with Gasteiger partial charge in [0.1, 0.15) is 5.92 Å². The van der Waals surface area contributed by atoms with E-state index in [9.17, 15) is 0 Å². The van der Waals surface area contributed by atoms with E-state index in [4.69, 9.17) is 16.0 Å². The van der Waals surface area contributed by atoms with Gasteiger partial charge in [0.2, 0.25) is 17.1 Å². The summed E-state index contributed by atoms with van der Waals surface area (Å²) in [5.41, 5.74) is 20.8. The van der Waals surface area contributed by atoms with Gasteiger partial charge >= 0.3 is 0 Å². The monoisotopic (exact) mass is 743 g/mol. The van der Waals surface area contributed by atoms with Gasteiger partial charge in [0.25, 0.3) is 0 Å². The number of nitrogens with zero attached hydrogens (tertiary/aromatic N) is 3. The van der Waals surface area contributed by atoms with Crippen molar-refractivity contribution in [3.05, 3.63) is 167 Å². The molecule has 0 saturated carbocycles. The van der Waals surface area contributed by atoms with Crippen molar-refractivity contribution in [1.82, 2.24) is 4.98 Å². The minimum Gasteiger partial charge on any atom is -0.437 e. The number of hydrogen-bond acceptors (Lipinski definition) is 2. The topological polar surface area (TPSA) is 33.8 Å². The lowest BCUT2D eigenvalue weighted by Gasteiger charge is -2.30. The summed E-state index contributed by atoms with van der Waals surface area (Å²) in [6.07, 6.45) is 6.57. The van der Waals surface area contributed by atoms with E-state index in [0.717, 1.165) is 57.4 Å². The SMILES string of the molecule is C=C1C2c3ccccc3-c3ccc(C)c[n+]3C2CCc2ccc3c(oc4nc(-c5c(C)cc(-c6ccccc6)cc5C)ccc43)c2-c2cc(C)c(C(C)(C)C)c[n+]21. The molecule has 0 spiro atoms. The lowest BCUT2D eigenvalue weighted by atomic mass is 9.79. The summed E-state index contributed by atoms with van der Waals surface area (Å²) in [5, 5.41) is 2.12. The predicted molar refractivity (Wildman–Crippen MR) is 233 cm³/mol. The molecule has 0 radical (unpaired) electrons. The Morgan fingerprint density at radius 1 is 0.702 bits per heavy atom. The number of aromatic nitrogens is 3. The number of furan rings is 1. The molecule has 0 saturated heterocycles. The van der Waals surface area contributed by atoms with Gasteiger partial charge in [-0.05, 0) is 109 Å². The largest absolute Gasteiger partial charge is 0.437 e. The Morgan fingerprint density at radius 3 is 2.21 bits per heavy atom. The molecule has 6 heterocycles. The van der Waals surface area contributed by atoms with Crippen LogP contribution in [-0.4, -0.2) is 4.98 Å². The molecule has 57 heavy (non-hydrogen) atoms. The number of allylic oxidation sites excluding steroid dienone is 1. The zero-order valence-corrected chi connectivity index (χ0v) is 34.1.